The van der Waals surface area contributed by atoms with E-state index in [1.54, 1.807) is 11.3 Å². The Bertz CT molecular complexity index is 341. The van der Waals surface area contributed by atoms with Crippen LogP contribution in [0, 0.1) is 6.92 Å². The minimum Gasteiger partial charge on any atom is -1.00 e. The van der Waals surface area contributed by atoms with E-state index in [0.29, 0.717) is 6.42 Å². The van der Waals surface area contributed by atoms with Crippen LogP contribution in [0.25, 0.3) is 0 Å². The quantitative estimate of drug-likeness (QED) is 0.595. The Kier molecular flexibility index (Phi) is 6.00. The summed E-state index contributed by atoms with van der Waals surface area (Å²) in [5, 5.41) is 8.67. The molecule has 1 aromatic heterocycles. The minimum atomic E-state index is -0.944. The van der Waals surface area contributed by atoms with Crippen molar-refractivity contribution >= 4 is 17.3 Å². The van der Waals surface area contributed by atoms with E-state index in [-0.39, 0.29) is 17.0 Å². The van der Waals surface area contributed by atoms with Gasteiger partial charge in [-0.2, -0.15) is 4.57 Å². The highest BCUT2D eigenvalue weighted by Gasteiger charge is 2.19. The number of aryl methyl sites for hydroxylation is 1. The topological polar surface area (TPSA) is 67.2 Å². The van der Waals surface area contributed by atoms with Crippen molar-refractivity contribution in [2.24, 2.45) is 5.73 Å². The number of aliphatic carboxylic acids is 1. The molecular weight excluding hydrogens is 280 g/mol. The number of hydrogen-bond acceptors (Lipinski definition) is 3. The fraction of sp³-hybridized carbons (Fsp3) is 0.556. The average molecular weight is 295 g/mol. The highest BCUT2D eigenvalue weighted by atomic mass is 79.9. The number of hydrogen-bond donors (Lipinski definition) is 2. The molecule has 1 heterocycles. The van der Waals surface area contributed by atoms with Crippen molar-refractivity contribution < 1.29 is 31.4 Å². The van der Waals surface area contributed by atoms with Crippen LogP contribution in [0.2, 0.25) is 0 Å². The van der Waals surface area contributed by atoms with E-state index in [1.165, 1.54) is 0 Å². The highest BCUT2D eigenvalue weighted by molar-refractivity contribution is 7.09. The zero-order valence-electron chi connectivity index (χ0n) is 8.74. The summed E-state index contributed by atoms with van der Waals surface area (Å²) in [6.07, 6.45) is 0.416. The molecule has 0 amide bonds. The molecule has 0 fully saturated rings. The van der Waals surface area contributed by atoms with E-state index in [0.717, 1.165) is 17.1 Å². The summed E-state index contributed by atoms with van der Waals surface area (Å²) < 4.78 is 2.09. The molecule has 0 aliphatic heterocycles. The van der Waals surface area contributed by atoms with E-state index < -0.39 is 12.0 Å². The first-order valence-electron chi connectivity index (χ1n) is 4.51. The zero-order valence-corrected chi connectivity index (χ0v) is 11.1. The lowest BCUT2D eigenvalue weighted by Crippen LogP contribution is -3.00. The lowest BCUT2D eigenvalue weighted by molar-refractivity contribution is -0.694. The van der Waals surface area contributed by atoms with Crippen molar-refractivity contribution in [2.45, 2.75) is 32.9 Å². The van der Waals surface area contributed by atoms with Gasteiger partial charge in [0.25, 0.3) is 0 Å². The summed E-state index contributed by atoms with van der Waals surface area (Å²) in [6.45, 7) is 4.95. The molecular formula is C9H15BrN2O2S. The molecule has 0 aliphatic carbocycles. The van der Waals surface area contributed by atoms with E-state index >= 15 is 0 Å². The van der Waals surface area contributed by atoms with Gasteiger partial charge in [0.15, 0.2) is 5.69 Å². The maximum absolute atomic E-state index is 10.6. The van der Waals surface area contributed by atoms with Crippen molar-refractivity contribution in [2.75, 3.05) is 0 Å². The molecule has 0 spiro atoms. The third-order valence-electron chi connectivity index (χ3n) is 2.22. The van der Waals surface area contributed by atoms with E-state index in [2.05, 4.69) is 11.5 Å². The summed E-state index contributed by atoms with van der Waals surface area (Å²) in [5.74, 6) is -0.944. The Morgan fingerprint density at radius 2 is 2.33 bits per heavy atom. The number of thiazole rings is 1. The molecule has 0 bridgehead atoms. The summed E-state index contributed by atoms with van der Waals surface area (Å²) in [7, 11) is 0. The molecule has 0 saturated heterocycles. The molecule has 1 atom stereocenters. The second-order valence-electron chi connectivity index (χ2n) is 3.17. The van der Waals surface area contributed by atoms with Crippen LogP contribution in [-0.2, 0) is 17.8 Å². The van der Waals surface area contributed by atoms with Crippen LogP contribution in [0.4, 0.5) is 0 Å². The smallest absolute Gasteiger partial charge is 0.320 e. The van der Waals surface area contributed by atoms with Gasteiger partial charge in [0, 0.05) is 13.3 Å². The van der Waals surface area contributed by atoms with Gasteiger partial charge in [0.2, 0.25) is 5.51 Å². The molecule has 0 aromatic carbocycles. The third-order valence-corrected chi connectivity index (χ3v) is 3.33. The lowest BCUT2D eigenvalue weighted by Gasteiger charge is -2.02. The molecule has 1 aromatic rings. The molecule has 4 nitrogen and oxygen atoms in total. The van der Waals surface area contributed by atoms with Crippen molar-refractivity contribution in [3.8, 4) is 0 Å². The van der Waals surface area contributed by atoms with Crippen molar-refractivity contribution in [3.05, 3.63) is 16.1 Å². The maximum atomic E-state index is 10.6. The fourth-order valence-electron chi connectivity index (χ4n) is 1.25. The Labute approximate surface area is 103 Å². The first-order chi connectivity index (χ1) is 6.56. The van der Waals surface area contributed by atoms with E-state index in [4.69, 9.17) is 10.8 Å². The van der Waals surface area contributed by atoms with Gasteiger partial charge in [0.05, 0.1) is 4.88 Å². The van der Waals surface area contributed by atoms with Crippen LogP contribution in [0.1, 0.15) is 17.5 Å². The second kappa shape index (κ2) is 6.19. The van der Waals surface area contributed by atoms with Gasteiger partial charge < -0.3 is 27.8 Å². The molecule has 0 saturated carbocycles. The van der Waals surface area contributed by atoms with E-state index in [1.807, 2.05) is 12.4 Å². The molecule has 15 heavy (non-hydrogen) atoms. The first-order valence-corrected chi connectivity index (χ1v) is 5.39. The SMILES string of the molecule is CC[n+]1csc(C[C@H](N)C(=O)O)c1C.[Br-]. The predicted octanol–water partition coefficient (Wildman–Crippen LogP) is -2.68. The maximum Gasteiger partial charge on any atom is 0.320 e. The van der Waals surface area contributed by atoms with Crippen LogP contribution in [0.5, 0.6) is 0 Å². The zero-order chi connectivity index (χ0) is 10.7. The van der Waals surface area contributed by atoms with Crippen LogP contribution < -0.4 is 27.3 Å². The average Bonchev–Trinajstić information content (AvgIpc) is 2.47. The Morgan fingerprint density at radius 1 is 1.73 bits per heavy atom. The monoisotopic (exact) mass is 294 g/mol. The van der Waals surface area contributed by atoms with Gasteiger partial charge in [-0.05, 0) is 6.92 Å². The van der Waals surface area contributed by atoms with Crippen molar-refractivity contribution in [1.29, 1.82) is 0 Å². The molecule has 86 valence electrons. The number of aromatic nitrogens is 1. The van der Waals surface area contributed by atoms with Crippen LogP contribution in [-0.4, -0.2) is 17.1 Å². The number of carbonyl (C=O) groups is 1. The summed E-state index contributed by atoms with van der Waals surface area (Å²) in [4.78, 5) is 11.6. The normalized spacial score (nSPS) is 11.9. The van der Waals surface area contributed by atoms with Crippen molar-refractivity contribution in [3.63, 3.8) is 0 Å². The summed E-state index contributed by atoms with van der Waals surface area (Å²) >= 11 is 1.57. The standard InChI is InChI=1S/C9H14N2O2S.BrH/c1-3-11-5-14-8(6(11)2)4-7(10)9(12)13;/h5,7H,3-4,10H2,1-2H3;1H/t7-;/m0./s1. The lowest BCUT2D eigenvalue weighted by atomic mass is 10.2. The Morgan fingerprint density at radius 3 is 2.73 bits per heavy atom. The van der Waals surface area contributed by atoms with Crippen LogP contribution >= 0.6 is 11.3 Å². The Hall–Kier alpha value is -0.460. The molecule has 0 aliphatic rings. The van der Waals surface area contributed by atoms with Crippen LogP contribution in [0.3, 0.4) is 0 Å². The number of rotatable bonds is 4. The molecule has 6 heteroatoms. The van der Waals surface area contributed by atoms with Gasteiger partial charge in [-0.15, -0.1) is 0 Å². The molecule has 0 radical (unpaired) electrons. The summed E-state index contributed by atoms with van der Waals surface area (Å²) in [6, 6.07) is -0.794. The highest BCUT2D eigenvalue weighted by Crippen LogP contribution is 2.12. The first kappa shape index (κ1) is 14.5. The molecule has 0 unspecified atom stereocenters. The number of halogens is 1. The largest absolute Gasteiger partial charge is 1.00 e. The minimum absolute atomic E-state index is 0. The number of nitrogens with two attached hydrogens (primary N) is 1. The fourth-order valence-corrected chi connectivity index (χ4v) is 2.37. The molecule has 3 N–H and O–H groups in total. The number of nitrogens with zero attached hydrogens (tertiary/aromatic N) is 1. The van der Waals surface area contributed by atoms with Crippen molar-refractivity contribution in [1.82, 2.24) is 0 Å². The predicted molar refractivity (Wildman–Crippen MR) is 54.2 cm³/mol. The summed E-state index contributed by atoms with van der Waals surface area (Å²) in [5.41, 5.74) is 8.58. The van der Waals surface area contributed by atoms with E-state index in [9.17, 15) is 4.79 Å². The Balaban J connectivity index is 0.00000196. The van der Waals surface area contributed by atoms with Gasteiger partial charge in [-0.25, -0.2) is 0 Å². The number of carboxylic acids is 1. The van der Waals surface area contributed by atoms with Gasteiger partial charge in [-0.1, -0.05) is 11.3 Å². The number of carboxylic acid groups (broad SMARTS) is 1. The van der Waals surface area contributed by atoms with Crippen LogP contribution in [0.15, 0.2) is 5.51 Å². The van der Waals surface area contributed by atoms with Gasteiger partial charge >= 0.3 is 5.97 Å². The second-order valence-corrected chi connectivity index (χ2v) is 4.11. The van der Waals surface area contributed by atoms with Gasteiger partial charge in [-0.3, -0.25) is 4.79 Å². The third kappa shape index (κ3) is 3.55. The molecule has 1 rings (SSSR count). The van der Waals surface area contributed by atoms with Gasteiger partial charge in [0.1, 0.15) is 12.6 Å².